The van der Waals surface area contributed by atoms with E-state index in [0.717, 1.165) is 0 Å². The van der Waals surface area contributed by atoms with Crippen molar-refractivity contribution in [2.75, 3.05) is 11.4 Å². The first-order valence-electron chi connectivity index (χ1n) is 10.7. The van der Waals surface area contributed by atoms with E-state index in [2.05, 4.69) is 5.32 Å². The number of anilines is 1. The maximum Gasteiger partial charge on any atom is 0.419 e. The van der Waals surface area contributed by atoms with E-state index in [4.69, 9.17) is 4.74 Å². The van der Waals surface area contributed by atoms with E-state index in [0.29, 0.717) is 4.90 Å². The molecule has 2 rings (SSSR count). The Bertz CT molecular complexity index is 999. The molecule has 11 heteroatoms. The van der Waals surface area contributed by atoms with Crippen LogP contribution in [0.4, 0.5) is 27.6 Å². The van der Waals surface area contributed by atoms with Gasteiger partial charge in [0.15, 0.2) is 0 Å². The van der Waals surface area contributed by atoms with Crippen LogP contribution in [-0.2, 0) is 30.7 Å². The van der Waals surface area contributed by atoms with Crippen LogP contribution in [0.15, 0.2) is 6.07 Å². The molecule has 2 atom stereocenters. The zero-order valence-electron chi connectivity index (χ0n) is 20.1. The smallest absolute Gasteiger partial charge is 0.419 e. The van der Waals surface area contributed by atoms with Crippen LogP contribution in [0.25, 0.3) is 0 Å². The number of ether oxygens (including phenoxy) is 1. The van der Waals surface area contributed by atoms with Crippen LogP contribution in [0, 0.1) is 17.6 Å². The minimum Gasteiger partial charge on any atom is -0.460 e. The molecule has 0 bridgehead atoms. The number of nitrogens with zero attached hydrogens (tertiary/aromatic N) is 1. The summed E-state index contributed by atoms with van der Waals surface area (Å²) in [7, 11) is 0. The average molecular weight is 492 g/mol. The number of carbonyl (C=O) groups is 3. The number of fused-ring (bicyclic) bond motifs is 1. The zero-order chi connectivity index (χ0) is 26.4. The van der Waals surface area contributed by atoms with Crippen LogP contribution < -0.4 is 10.2 Å². The van der Waals surface area contributed by atoms with Gasteiger partial charge in [-0.1, -0.05) is 6.92 Å². The van der Waals surface area contributed by atoms with Gasteiger partial charge in [-0.3, -0.25) is 19.3 Å². The average Bonchev–Trinajstić information content (AvgIpc) is 2.83. The third-order valence-corrected chi connectivity index (χ3v) is 5.62. The molecule has 2 amide bonds. The van der Waals surface area contributed by atoms with Crippen molar-refractivity contribution >= 4 is 23.5 Å². The molecule has 1 N–H and O–H groups in total. The van der Waals surface area contributed by atoms with E-state index in [1.54, 1.807) is 34.6 Å². The fourth-order valence-corrected chi connectivity index (χ4v) is 3.76. The summed E-state index contributed by atoms with van der Waals surface area (Å²) in [5, 5.41) is 2.59. The summed E-state index contributed by atoms with van der Waals surface area (Å²) >= 11 is 0. The van der Waals surface area contributed by atoms with Crippen LogP contribution in [0.3, 0.4) is 0 Å². The molecule has 0 saturated heterocycles. The molecule has 0 fully saturated rings. The van der Waals surface area contributed by atoms with Gasteiger partial charge < -0.3 is 10.1 Å². The number of nitrogens with one attached hydrogen (secondary N) is 1. The first-order valence-corrected chi connectivity index (χ1v) is 10.7. The number of benzene rings is 1. The van der Waals surface area contributed by atoms with Gasteiger partial charge in [-0.2, -0.15) is 13.2 Å². The molecule has 1 aliphatic heterocycles. The summed E-state index contributed by atoms with van der Waals surface area (Å²) in [5.41, 5.74) is -5.75. The second-order valence-electron chi connectivity index (χ2n) is 10.1. The summed E-state index contributed by atoms with van der Waals surface area (Å²) in [6.07, 6.45) is -5.17. The molecule has 0 spiro atoms. The SMILES string of the molecule is C[C@H](CC(=O)OC(C)(C)C)[C@H](C)NC(=O)CN1C(=O)C(C)(C)c2c(F)c(C(F)(F)F)cc(F)c21. The highest BCUT2D eigenvalue weighted by Gasteiger charge is 2.51. The molecule has 0 aliphatic carbocycles. The van der Waals surface area contributed by atoms with Crippen molar-refractivity contribution in [3.8, 4) is 0 Å². The molecule has 0 unspecified atom stereocenters. The van der Waals surface area contributed by atoms with Crippen molar-refractivity contribution in [2.45, 2.75) is 78.1 Å². The number of carbonyl (C=O) groups excluding carboxylic acids is 3. The van der Waals surface area contributed by atoms with Gasteiger partial charge in [0.1, 0.15) is 23.8 Å². The molecule has 0 saturated carbocycles. The number of hydrogen-bond donors (Lipinski definition) is 1. The van der Waals surface area contributed by atoms with E-state index in [-0.39, 0.29) is 18.4 Å². The molecule has 1 aromatic carbocycles. The van der Waals surface area contributed by atoms with Crippen LogP contribution in [0.2, 0.25) is 0 Å². The third kappa shape index (κ3) is 5.67. The van der Waals surface area contributed by atoms with Crippen molar-refractivity contribution in [3.05, 3.63) is 28.8 Å². The van der Waals surface area contributed by atoms with Crippen LogP contribution in [-0.4, -0.2) is 36.0 Å². The second-order valence-corrected chi connectivity index (χ2v) is 10.1. The maximum atomic E-state index is 14.8. The Hall–Kier alpha value is -2.72. The van der Waals surface area contributed by atoms with Gasteiger partial charge in [0, 0.05) is 11.6 Å². The minimum atomic E-state index is -5.16. The quantitative estimate of drug-likeness (QED) is 0.469. The lowest BCUT2D eigenvalue weighted by Crippen LogP contribution is -2.46. The van der Waals surface area contributed by atoms with E-state index in [9.17, 15) is 36.3 Å². The normalized spacial score (nSPS) is 17.3. The van der Waals surface area contributed by atoms with E-state index >= 15 is 0 Å². The number of alkyl halides is 3. The number of hydrogen-bond acceptors (Lipinski definition) is 4. The molecular weight excluding hydrogens is 463 g/mol. The predicted octanol–water partition coefficient (Wildman–Crippen LogP) is 4.48. The lowest BCUT2D eigenvalue weighted by atomic mass is 9.84. The van der Waals surface area contributed by atoms with Crippen molar-refractivity contribution < 1.29 is 41.1 Å². The summed E-state index contributed by atoms with van der Waals surface area (Å²) in [4.78, 5) is 38.1. The molecule has 1 aromatic rings. The first kappa shape index (κ1) is 27.5. The topological polar surface area (TPSA) is 75.7 Å². The molecule has 0 aromatic heterocycles. The Labute approximate surface area is 194 Å². The Morgan fingerprint density at radius 2 is 1.71 bits per heavy atom. The van der Waals surface area contributed by atoms with Crippen LogP contribution in [0.1, 0.15) is 66.0 Å². The third-order valence-electron chi connectivity index (χ3n) is 5.62. The van der Waals surface area contributed by atoms with Gasteiger partial charge in [-0.25, -0.2) is 8.78 Å². The van der Waals surface area contributed by atoms with E-state index in [1.807, 2.05) is 0 Å². The highest BCUT2D eigenvalue weighted by molar-refractivity contribution is 6.10. The fourth-order valence-electron chi connectivity index (χ4n) is 3.76. The van der Waals surface area contributed by atoms with Gasteiger partial charge in [-0.15, -0.1) is 0 Å². The Morgan fingerprint density at radius 3 is 2.21 bits per heavy atom. The van der Waals surface area contributed by atoms with E-state index in [1.165, 1.54) is 13.8 Å². The maximum absolute atomic E-state index is 14.8. The molecule has 1 heterocycles. The number of halogens is 5. The van der Waals surface area contributed by atoms with Gasteiger partial charge in [0.25, 0.3) is 0 Å². The summed E-state index contributed by atoms with van der Waals surface area (Å²) in [6, 6.07) is -0.571. The standard InChI is InChI=1S/C23H29F5N2O4/c1-11(8-16(32)34-21(3,4)5)12(2)29-15(31)10-30-19-14(24)9-13(23(26,27)28)18(25)17(19)22(6,7)20(30)33/h9,11-12H,8,10H2,1-7H3,(H,29,31)/t11-,12+/m1/s1. The monoisotopic (exact) mass is 492 g/mol. The van der Waals surface area contributed by atoms with Crippen LogP contribution >= 0.6 is 0 Å². The zero-order valence-corrected chi connectivity index (χ0v) is 20.1. The lowest BCUT2D eigenvalue weighted by molar-refractivity contribution is -0.156. The second kappa shape index (κ2) is 9.14. The molecule has 0 radical (unpaired) electrons. The molecule has 1 aliphatic rings. The van der Waals surface area contributed by atoms with Crippen molar-refractivity contribution in [1.82, 2.24) is 5.32 Å². The number of esters is 1. The van der Waals surface area contributed by atoms with Crippen molar-refractivity contribution in [2.24, 2.45) is 5.92 Å². The van der Waals surface area contributed by atoms with Gasteiger partial charge in [0.05, 0.1) is 23.1 Å². The summed E-state index contributed by atoms with van der Waals surface area (Å²) in [5.74, 6) is -5.69. The van der Waals surface area contributed by atoms with Crippen molar-refractivity contribution in [1.29, 1.82) is 0 Å². The minimum absolute atomic E-state index is 0.00269. The number of rotatable bonds is 6. The van der Waals surface area contributed by atoms with Crippen molar-refractivity contribution in [3.63, 3.8) is 0 Å². The molecule has 6 nitrogen and oxygen atoms in total. The molecule has 190 valence electrons. The Kier molecular flexibility index (Phi) is 7.40. The Balaban J connectivity index is 2.23. The number of amides is 2. The fraction of sp³-hybridized carbons (Fsp3) is 0.609. The lowest BCUT2D eigenvalue weighted by Gasteiger charge is -2.25. The Morgan fingerprint density at radius 1 is 1.15 bits per heavy atom. The van der Waals surface area contributed by atoms with Gasteiger partial charge >= 0.3 is 12.1 Å². The summed E-state index contributed by atoms with van der Waals surface area (Å²) in [6.45, 7) is 10.1. The predicted molar refractivity (Wildman–Crippen MR) is 114 cm³/mol. The summed E-state index contributed by atoms with van der Waals surface area (Å²) < 4.78 is 74.2. The highest BCUT2D eigenvalue weighted by atomic mass is 19.4. The van der Waals surface area contributed by atoms with Gasteiger partial charge in [-0.05, 0) is 53.5 Å². The van der Waals surface area contributed by atoms with Gasteiger partial charge in [0.2, 0.25) is 11.8 Å². The molecule has 34 heavy (non-hydrogen) atoms. The molecular formula is C23H29F5N2O4. The van der Waals surface area contributed by atoms with E-state index < -0.39 is 76.0 Å². The largest absolute Gasteiger partial charge is 0.460 e. The highest BCUT2D eigenvalue weighted by Crippen LogP contribution is 2.47. The van der Waals surface area contributed by atoms with Crippen LogP contribution in [0.5, 0.6) is 0 Å². The first-order chi connectivity index (χ1) is 15.3.